The zero-order valence-electron chi connectivity index (χ0n) is 12.0. The number of hydrogen-bond acceptors (Lipinski definition) is 4. The monoisotopic (exact) mass is 334 g/mol. The molecule has 7 heteroatoms. The van der Waals surface area contributed by atoms with Crippen LogP contribution in [0, 0.1) is 0 Å². The van der Waals surface area contributed by atoms with Crippen molar-refractivity contribution in [2.75, 3.05) is 13.7 Å². The van der Waals surface area contributed by atoms with Crippen LogP contribution in [0.15, 0.2) is 42.0 Å². The maximum Gasteiger partial charge on any atom is 0.187 e. The molecule has 0 radical (unpaired) electrons. The van der Waals surface area contributed by atoms with Crippen molar-refractivity contribution >= 4 is 46.0 Å². The van der Waals surface area contributed by atoms with Crippen molar-refractivity contribution in [3.05, 3.63) is 47.6 Å². The molecule has 0 saturated carbocycles. The molecule has 5 nitrogen and oxygen atoms in total. The highest BCUT2D eigenvalue weighted by atomic mass is 35.5. The number of methoxy groups -OCH3 is 1. The van der Waals surface area contributed by atoms with Gasteiger partial charge in [0.15, 0.2) is 5.11 Å². The Labute approximate surface area is 139 Å². The Morgan fingerprint density at radius 3 is 3.05 bits per heavy atom. The highest BCUT2D eigenvalue weighted by Crippen LogP contribution is 2.23. The minimum absolute atomic E-state index is 0.369. The molecule has 0 fully saturated rings. The fourth-order valence-electron chi connectivity index (χ4n) is 1.73. The van der Waals surface area contributed by atoms with E-state index in [2.05, 4.69) is 27.4 Å². The summed E-state index contributed by atoms with van der Waals surface area (Å²) < 4.78 is 5.20. The lowest BCUT2D eigenvalue weighted by atomic mass is 10.1. The molecule has 0 spiro atoms. The third-order valence-electron chi connectivity index (χ3n) is 2.78. The molecule has 22 heavy (non-hydrogen) atoms. The van der Waals surface area contributed by atoms with Crippen LogP contribution in [0.25, 0.3) is 10.9 Å². The van der Waals surface area contributed by atoms with E-state index in [1.165, 1.54) is 0 Å². The number of thiocarbonyl (C=S) groups is 1. The van der Waals surface area contributed by atoms with Gasteiger partial charge in [-0.25, -0.2) is 4.98 Å². The molecular formula is C15H15ClN4OS. The number of nitrogens with one attached hydrogen (secondary N) is 2. The van der Waals surface area contributed by atoms with E-state index in [4.69, 9.17) is 28.6 Å². The normalized spacial score (nSPS) is 10.6. The van der Waals surface area contributed by atoms with E-state index in [1.54, 1.807) is 19.4 Å². The van der Waals surface area contributed by atoms with Crippen LogP contribution in [-0.2, 0) is 0 Å². The molecule has 0 bridgehead atoms. The smallest absolute Gasteiger partial charge is 0.187 e. The molecule has 2 N–H and O–H groups in total. The summed E-state index contributed by atoms with van der Waals surface area (Å²) in [4.78, 5) is 4.33. The molecule has 2 rings (SSSR count). The molecule has 0 unspecified atom stereocenters. The van der Waals surface area contributed by atoms with E-state index in [1.807, 2.05) is 24.3 Å². The van der Waals surface area contributed by atoms with Gasteiger partial charge in [0.2, 0.25) is 0 Å². The third kappa shape index (κ3) is 4.16. The van der Waals surface area contributed by atoms with E-state index in [0.717, 1.165) is 16.7 Å². The van der Waals surface area contributed by atoms with Crippen LogP contribution in [0.4, 0.5) is 0 Å². The van der Waals surface area contributed by atoms with E-state index in [9.17, 15) is 0 Å². The number of ether oxygens (including phenoxy) is 1. The Bertz CT molecular complexity index is 733. The summed E-state index contributed by atoms with van der Waals surface area (Å²) >= 11 is 11.2. The maximum atomic E-state index is 6.15. The van der Waals surface area contributed by atoms with Crippen molar-refractivity contribution in [3.8, 4) is 5.75 Å². The van der Waals surface area contributed by atoms with Crippen LogP contribution in [0.3, 0.4) is 0 Å². The summed E-state index contributed by atoms with van der Waals surface area (Å²) in [5, 5.41) is 8.63. The van der Waals surface area contributed by atoms with Gasteiger partial charge in [-0.05, 0) is 36.5 Å². The Morgan fingerprint density at radius 2 is 2.32 bits per heavy atom. The van der Waals surface area contributed by atoms with Gasteiger partial charge in [-0.2, -0.15) is 5.10 Å². The van der Waals surface area contributed by atoms with Crippen molar-refractivity contribution in [1.29, 1.82) is 0 Å². The molecule has 0 amide bonds. The highest BCUT2D eigenvalue weighted by molar-refractivity contribution is 7.80. The van der Waals surface area contributed by atoms with Gasteiger partial charge in [-0.3, -0.25) is 5.43 Å². The van der Waals surface area contributed by atoms with Crippen molar-refractivity contribution in [2.45, 2.75) is 0 Å². The average Bonchev–Trinajstić information content (AvgIpc) is 2.53. The SMILES string of the molecule is C=CCNC(=S)N/N=C\c1cc2cc(OC)ccc2nc1Cl. The van der Waals surface area contributed by atoms with Gasteiger partial charge in [0.05, 0.1) is 18.8 Å². The highest BCUT2D eigenvalue weighted by Gasteiger charge is 2.04. The van der Waals surface area contributed by atoms with E-state index < -0.39 is 0 Å². The molecular weight excluding hydrogens is 320 g/mol. The van der Waals surface area contributed by atoms with Crippen molar-refractivity contribution < 1.29 is 4.74 Å². The summed E-state index contributed by atoms with van der Waals surface area (Å²) in [5.74, 6) is 0.757. The van der Waals surface area contributed by atoms with Crippen LogP contribution in [0.5, 0.6) is 5.75 Å². The molecule has 0 aliphatic rings. The van der Waals surface area contributed by atoms with E-state index >= 15 is 0 Å². The molecule has 0 saturated heterocycles. The molecule has 2 aromatic rings. The number of pyridine rings is 1. The van der Waals surface area contributed by atoms with Gasteiger partial charge in [0, 0.05) is 17.5 Å². The standard InChI is InChI=1S/C15H15ClN4OS/c1-3-6-17-15(22)20-18-9-11-7-10-8-12(21-2)4-5-13(10)19-14(11)16/h3-5,7-9H,1,6H2,2H3,(H2,17,20,22)/b18-9-. The molecule has 0 atom stereocenters. The lowest BCUT2D eigenvalue weighted by molar-refractivity contribution is 0.415. The second kappa shape index (κ2) is 7.72. The summed E-state index contributed by atoms with van der Waals surface area (Å²) in [5.41, 5.74) is 4.17. The molecule has 1 heterocycles. The van der Waals surface area contributed by atoms with Crippen LogP contribution in [0.2, 0.25) is 5.15 Å². The Kier molecular flexibility index (Phi) is 5.68. The summed E-state index contributed by atoms with van der Waals surface area (Å²) in [6.45, 7) is 4.16. The number of hydrazone groups is 1. The number of benzene rings is 1. The van der Waals surface area contributed by atoms with Gasteiger partial charge in [0.1, 0.15) is 10.9 Å². The average molecular weight is 335 g/mol. The Balaban J connectivity index is 2.17. The van der Waals surface area contributed by atoms with Gasteiger partial charge in [-0.15, -0.1) is 6.58 Å². The van der Waals surface area contributed by atoms with Gasteiger partial charge < -0.3 is 10.1 Å². The summed E-state index contributed by atoms with van der Waals surface area (Å²) in [6, 6.07) is 7.47. The van der Waals surface area contributed by atoms with Crippen molar-refractivity contribution in [1.82, 2.24) is 15.7 Å². The number of fused-ring (bicyclic) bond motifs is 1. The molecule has 0 aliphatic carbocycles. The van der Waals surface area contributed by atoms with Gasteiger partial charge in [0.25, 0.3) is 0 Å². The second-order valence-electron chi connectivity index (χ2n) is 4.30. The third-order valence-corrected chi connectivity index (χ3v) is 3.32. The molecule has 1 aromatic heterocycles. The summed E-state index contributed by atoms with van der Waals surface area (Å²) in [6.07, 6.45) is 3.27. The summed E-state index contributed by atoms with van der Waals surface area (Å²) in [7, 11) is 1.62. The lowest BCUT2D eigenvalue weighted by Crippen LogP contribution is -2.31. The van der Waals surface area contributed by atoms with E-state index in [-0.39, 0.29) is 0 Å². The predicted molar refractivity (Wildman–Crippen MR) is 94.8 cm³/mol. The number of hydrogen-bond donors (Lipinski definition) is 2. The minimum Gasteiger partial charge on any atom is -0.497 e. The number of rotatable bonds is 5. The van der Waals surface area contributed by atoms with Crippen molar-refractivity contribution in [3.63, 3.8) is 0 Å². The first-order valence-corrected chi connectivity index (χ1v) is 7.24. The Hall–Kier alpha value is -2.18. The maximum absolute atomic E-state index is 6.15. The van der Waals surface area contributed by atoms with E-state index in [0.29, 0.717) is 22.4 Å². The Morgan fingerprint density at radius 1 is 1.50 bits per heavy atom. The first kappa shape index (κ1) is 16.2. The predicted octanol–water partition coefficient (Wildman–Crippen LogP) is 2.88. The minimum atomic E-state index is 0.369. The quantitative estimate of drug-likeness (QED) is 0.289. The topological polar surface area (TPSA) is 58.5 Å². The number of halogens is 1. The number of nitrogens with zero attached hydrogens (tertiary/aromatic N) is 2. The zero-order valence-corrected chi connectivity index (χ0v) is 13.5. The molecule has 0 aliphatic heterocycles. The largest absolute Gasteiger partial charge is 0.497 e. The second-order valence-corrected chi connectivity index (χ2v) is 5.06. The zero-order chi connectivity index (χ0) is 15.9. The number of aromatic nitrogens is 1. The first-order chi connectivity index (χ1) is 10.6. The molecule has 114 valence electrons. The van der Waals surface area contributed by atoms with Gasteiger partial charge in [-0.1, -0.05) is 17.7 Å². The van der Waals surface area contributed by atoms with Gasteiger partial charge >= 0.3 is 0 Å². The van der Waals surface area contributed by atoms with Crippen LogP contribution >= 0.6 is 23.8 Å². The first-order valence-electron chi connectivity index (χ1n) is 6.46. The fraction of sp³-hybridized carbons (Fsp3) is 0.133. The van der Waals surface area contributed by atoms with Crippen molar-refractivity contribution in [2.24, 2.45) is 5.10 Å². The van der Waals surface area contributed by atoms with Crippen LogP contribution in [0.1, 0.15) is 5.56 Å². The van der Waals surface area contributed by atoms with Crippen LogP contribution in [-0.4, -0.2) is 30.0 Å². The lowest BCUT2D eigenvalue weighted by Gasteiger charge is -2.05. The van der Waals surface area contributed by atoms with Crippen LogP contribution < -0.4 is 15.5 Å². The fourth-order valence-corrected chi connectivity index (χ4v) is 2.06. The molecule has 1 aromatic carbocycles.